The molecule has 3 rings (SSSR count). The molecule has 120 valence electrons. The number of benzene rings is 1. The second-order valence-corrected chi connectivity index (χ2v) is 5.80. The quantitative estimate of drug-likeness (QED) is 0.366. The number of nitriles is 1. The Kier molecular flexibility index (Phi) is 4.63. The molecule has 1 aliphatic rings. The van der Waals surface area contributed by atoms with E-state index < -0.39 is 4.92 Å². The highest BCUT2D eigenvalue weighted by Gasteiger charge is 2.27. The summed E-state index contributed by atoms with van der Waals surface area (Å²) in [5.74, 6) is 2.58. The summed E-state index contributed by atoms with van der Waals surface area (Å²) in [5, 5.41) is 20.2. The molecule has 0 radical (unpaired) electrons. The third kappa shape index (κ3) is 3.31. The van der Waals surface area contributed by atoms with Crippen LogP contribution in [0.4, 0.5) is 5.69 Å². The normalized spacial score (nSPS) is 13.1. The van der Waals surface area contributed by atoms with Gasteiger partial charge in [0.15, 0.2) is 0 Å². The van der Waals surface area contributed by atoms with E-state index in [0.29, 0.717) is 36.2 Å². The molecule has 9 heteroatoms. The predicted octanol–water partition coefficient (Wildman–Crippen LogP) is 2.81. The molecule has 0 fully saturated rings. The molecular formula is C15H12BClN4O3. The van der Waals surface area contributed by atoms with Crippen LogP contribution in [-0.2, 0) is 19.3 Å². The van der Waals surface area contributed by atoms with Crippen molar-refractivity contribution in [2.24, 2.45) is 0 Å². The molecule has 0 atom stereocenters. The highest BCUT2D eigenvalue weighted by Crippen LogP contribution is 2.29. The number of halogens is 1. The van der Waals surface area contributed by atoms with E-state index in [9.17, 15) is 10.1 Å². The fourth-order valence-electron chi connectivity index (χ4n) is 2.74. The van der Waals surface area contributed by atoms with Gasteiger partial charge in [0, 0.05) is 23.3 Å². The van der Waals surface area contributed by atoms with Gasteiger partial charge in [-0.2, -0.15) is 4.98 Å². The van der Waals surface area contributed by atoms with Crippen molar-refractivity contribution >= 4 is 24.0 Å². The third-order valence-electron chi connectivity index (χ3n) is 3.95. The number of nitro benzene ring substituents is 1. The van der Waals surface area contributed by atoms with Crippen LogP contribution in [0.5, 0.6) is 5.88 Å². The molecule has 0 saturated carbocycles. The van der Waals surface area contributed by atoms with Gasteiger partial charge in [-0.25, -0.2) is 10.2 Å². The first-order valence-electron chi connectivity index (χ1n) is 7.38. The van der Waals surface area contributed by atoms with Gasteiger partial charge in [-0.1, -0.05) is 18.5 Å². The van der Waals surface area contributed by atoms with Crippen LogP contribution < -0.4 is 4.74 Å². The molecule has 0 spiro atoms. The molecule has 1 aromatic carbocycles. The Morgan fingerprint density at radius 1 is 1.42 bits per heavy atom. The smallest absolute Gasteiger partial charge is 0.276 e. The van der Waals surface area contributed by atoms with E-state index >= 15 is 0 Å². The van der Waals surface area contributed by atoms with Gasteiger partial charge < -0.3 is 4.74 Å². The van der Waals surface area contributed by atoms with Crippen LogP contribution in [0.15, 0.2) is 24.3 Å². The number of nitro groups is 1. The molecule has 2 heterocycles. The highest BCUT2D eigenvalue weighted by atomic mass is 35.5. The second kappa shape index (κ2) is 6.85. The Bertz CT molecular complexity index is 840. The van der Waals surface area contributed by atoms with Crippen LogP contribution in [0.2, 0.25) is 11.6 Å². The van der Waals surface area contributed by atoms with E-state index in [-0.39, 0.29) is 24.3 Å². The number of rotatable bonds is 4. The van der Waals surface area contributed by atoms with Crippen molar-refractivity contribution in [3.63, 3.8) is 0 Å². The van der Waals surface area contributed by atoms with E-state index in [4.69, 9.17) is 21.6 Å². The minimum atomic E-state index is -0.446. The number of para-hydroxylation sites is 1. The van der Waals surface area contributed by atoms with Crippen molar-refractivity contribution < 1.29 is 9.66 Å². The molecular weight excluding hydrogens is 330 g/mol. The summed E-state index contributed by atoms with van der Waals surface area (Å²) < 4.78 is 5.71. The van der Waals surface area contributed by atoms with Gasteiger partial charge >= 0.3 is 0 Å². The molecule has 0 saturated heterocycles. The lowest BCUT2D eigenvalue weighted by Crippen LogP contribution is -2.24. The van der Waals surface area contributed by atoms with Gasteiger partial charge in [-0.05, 0) is 30.4 Å². The fraction of sp³-hybridized carbons (Fsp3) is 0.267. The average Bonchev–Trinajstić information content (AvgIpc) is 2.59. The molecule has 1 aliphatic heterocycles. The number of ether oxygens (including phenoxy) is 1. The lowest BCUT2D eigenvalue weighted by Gasteiger charge is -2.19. The highest BCUT2D eigenvalue weighted by molar-refractivity contribution is 6.66. The average molecular weight is 343 g/mol. The molecule has 2 aromatic rings. The van der Waals surface area contributed by atoms with E-state index in [1.165, 1.54) is 6.07 Å². The molecule has 24 heavy (non-hydrogen) atoms. The monoisotopic (exact) mass is 342 g/mol. The van der Waals surface area contributed by atoms with Crippen molar-refractivity contribution in [1.29, 1.82) is 5.26 Å². The van der Waals surface area contributed by atoms with Gasteiger partial charge in [0.1, 0.15) is 6.61 Å². The van der Waals surface area contributed by atoms with Crippen LogP contribution in [-0.4, -0.2) is 21.6 Å². The van der Waals surface area contributed by atoms with Crippen molar-refractivity contribution in [2.45, 2.75) is 25.7 Å². The first-order valence-corrected chi connectivity index (χ1v) is 7.76. The molecule has 0 aliphatic carbocycles. The molecule has 7 nitrogen and oxygen atoms in total. The lowest BCUT2D eigenvalue weighted by molar-refractivity contribution is -0.385. The SMILES string of the molecule is N#CB1CCc2c(nc(Cl)nc2OCc2ccccc2[N+](=O)[O-])C1. The minimum Gasteiger partial charge on any atom is -0.472 e. The minimum absolute atomic E-state index is 0.00364. The van der Waals surface area contributed by atoms with Crippen LogP contribution >= 0.6 is 11.6 Å². The summed E-state index contributed by atoms with van der Waals surface area (Å²) in [5.41, 5.74) is 1.99. The number of hydrogen-bond acceptors (Lipinski definition) is 6. The summed E-state index contributed by atoms with van der Waals surface area (Å²) in [6, 6.07) is 6.39. The van der Waals surface area contributed by atoms with E-state index in [0.717, 1.165) is 5.56 Å². The lowest BCUT2D eigenvalue weighted by atomic mass is 9.43. The Hall–Kier alpha value is -2.66. The summed E-state index contributed by atoms with van der Waals surface area (Å²) in [6.45, 7) is -0.0787. The van der Waals surface area contributed by atoms with Gasteiger partial charge in [0.25, 0.3) is 12.4 Å². The van der Waals surface area contributed by atoms with Crippen molar-refractivity contribution in [2.75, 3.05) is 0 Å². The molecule has 0 N–H and O–H groups in total. The van der Waals surface area contributed by atoms with Crippen LogP contribution in [0, 0.1) is 21.3 Å². The van der Waals surface area contributed by atoms with Crippen molar-refractivity contribution in [1.82, 2.24) is 9.97 Å². The van der Waals surface area contributed by atoms with Crippen LogP contribution in [0.25, 0.3) is 0 Å². The Labute approximate surface area is 143 Å². The van der Waals surface area contributed by atoms with Gasteiger partial charge in [0.2, 0.25) is 11.2 Å². The number of hydrogen-bond donors (Lipinski definition) is 0. The second-order valence-electron chi connectivity index (χ2n) is 5.47. The number of aromatic nitrogens is 2. The maximum atomic E-state index is 11.1. The van der Waals surface area contributed by atoms with Crippen LogP contribution in [0.3, 0.4) is 0 Å². The topological polar surface area (TPSA) is 102 Å². The summed E-state index contributed by atoms with van der Waals surface area (Å²) >= 11 is 5.94. The van der Waals surface area contributed by atoms with Gasteiger partial charge in [-0.15, -0.1) is 0 Å². The largest absolute Gasteiger partial charge is 0.472 e. The first kappa shape index (κ1) is 16.2. The number of fused-ring (bicyclic) bond motifs is 1. The summed E-state index contributed by atoms with van der Waals surface area (Å²) in [6.07, 6.45) is 1.84. The molecule has 1 aromatic heterocycles. The Morgan fingerprint density at radius 3 is 2.96 bits per heavy atom. The van der Waals surface area contributed by atoms with Gasteiger partial charge in [0.05, 0.1) is 10.5 Å². The number of nitrogens with zero attached hydrogens (tertiary/aromatic N) is 4. The standard InChI is InChI=1S/C15H12BClN4O3/c17-15-19-12-7-16(9-18)6-5-11(12)14(20-15)24-8-10-3-1-2-4-13(10)21(22)23/h1-4H,5-8H2. The zero-order chi connectivity index (χ0) is 17.1. The maximum Gasteiger partial charge on any atom is 0.276 e. The van der Waals surface area contributed by atoms with Crippen molar-refractivity contribution in [3.05, 3.63) is 56.5 Å². The predicted molar refractivity (Wildman–Crippen MR) is 88.1 cm³/mol. The zero-order valence-corrected chi connectivity index (χ0v) is 13.4. The third-order valence-corrected chi connectivity index (χ3v) is 4.11. The Morgan fingerprint density at radius 2 is 2.21 bits per heavy atom. The van der Waals surface area contributed by atoms with E-state index in [2.05, 4.69) is 15.9 Å². The fourth-order valence-corrected chi connectivity index (χ4v) is 2.92. The Balaban J connectivity index is 1.86. The van der Waals surface area contributed by atoms with E-state index in [1.54, 1.807) is 18.2 Å². The van der Waals surface area contributed by atoms with E-state index in [1.807, 2.05) is 0 Å². The van der Waals surface area contributed by atoms with Gasteiger partial charge in [-0.3, -0.25) is 10.1 Å². The molecule has 0 amide bonds. The molecule has 0 bridgehead atoms. The van der Waals surface area contributed by atoms with Crippen LogP contribution in [0.1, 0.15) is 16.8 Å². The maximum absolute atomic E-state index is 11.1. The van der Waals surface area contributed by atoms with Crippen molar-refractivity contribution in [3.8, 4) is 11.8 Å². The first-order chi connectivity index (χ1) is 11.6. The summed E-state index contributed by atoms with van der Waals surface area (Å²) in [4.78, 5) is 18.9. The summed E-state index contributed by atoms with van der Waals surface area (Å²) in [7, 11) is 0. The zero-order valence-electron chi connectivity index (χ0n) is 12.6. The molecule has 0 unspecified atom stereocenters.